The standard InChI is InChI=1S/C8H7Cl2NO2/c9-4-6-2-1-3-8(11(12)13)7(6)5-10/h1-3H,4-5H2. The molecular formula is C8H7Cl2NO2. The molecule has 1 aromatic carbocycles. The zero-order chi connectivity index (χ0) is 9.84. The van der Waals surface area contributed by atoms with E-state index in [1.54, 1.807) is 12.1 Å². The van der Waals surface area contributed by atoms with Crippen LogP contribution in [-0.2, 0) is 11.8 Å². The van der Waals surface area contributed by atoms with Gasteiger partial charge in [-0.05, 0) is 5.56 Å². The van der Waals surface area contributed by atoms with Crippen LogP contribution in [0.2, 0.25) is 0 Å². The van der Waals surface area contributed by atoms with E-state index in [-0.39, 0.29) is 17.4 Å². The Hall–Kier alpha value is -0.800. The van der Waals surface area contributed by atoms with Gasteiger partial charge >= 0.3 is 0 Å². The van der Waals surface area contributed by atoms with Gasteiger partial charge in [0.2, 0.25) is 0 Å². The highest BCUT2D eigenvalue weighted by Gasteiger charge is 2.15. The summed E-state index contributed by atoms with van der Waals surface area (Å²) in [6.07, 6.45) is 0. The van der Waals surface area contributed by atoms with Gasteiger partial charge in [0.1, 0.15) is 0 Å². The normalized spacial score (nSPS) is 10.0. The fraction of sp³-hybridized carbons (Fsp3) is 0.250. The highest BCUT2D eigenvalue weighted by atomic mass is 35.5. The Morgan fingerprint density at radius 1 is 1.31 bits per heavy atom. The molecule has 0 saturated heterocycles. The monoisotopic (exact) mass is 219 g/mol. The molecule has 0 unspecified atom stereocenters. The maximum Gasteiger partial charge on any atom is 0.274 e. The minimum atomic E-state index is -0.451. The first kappa shape index (κ1) is 10.3. The topological polar surface area (TPSA) is 43.1 Å². The third kappa shape index (κ3) is 2.11. The average molecular weight is 220 g/mol. The van der Waals surface area contributed by atoms with Gasteiger partial charge < -0.3 is 0 Å². The Morgan fingerprint density at radius 2 is 2.00 bits per heavy atom. The van der Waals surface area contributed by atoms with Crippen molar-refractivity contribution in [3.63, 3.8) is 0 Å². The molecule has 0 amide bonds. The van der Waals surface area contributed by atoms with Gasteiger partial charge in [-0.1, -0.05) is 12.1 Å². The molecule has 0 radical (unpaired) electrons. The summed E-state index contributed by atoms with van der Waals surface area (Å²) in [6.45, 7) is 0. The number of halogens is 2. The van der Waals surface area contributed by atoms with Crippen molar-refractivity contribution in [3.05, 3.63) is 39.4 Å². The van der Waals surface area contributed by atoms with E-state index in [0.717, 1.165) is 0 Å². The van der Waals surface area contributed by atoms with Gasteiger partial charge in [0.25, 0.3) is 5.69 Å². The van der Waals surface area contributed by atoms with Crippen LogP contribution in [0.25, 0.3) is 0 Å². The molecule has 5 heteroatoms. The lowest BCUT2D eigenvalue weighted by Crippen LogP contribution is -1.97. The van der Waals surface area contributed by atoms with Gasteiger partial charge in [0, 0.05) is 17.5 Å². The second kappa shape index (κ2) is 4.44. The molecule has 3 nitrogen and oxygen atoms in total. The zero-order valence-electron chi connectivity index (χ0n) is 6.67. The molecule has 0 aliphatic rings. The summed E-state index contributed by atoms with van der Waals surface area (Å²) in [5, 5.41) is 10.6. The lowest BCUT2D eigenvalue weighted by atomic mass is 10.1. The van der Waals surface area contributed by atoms with Crippen molar-refractivity contribution in [2.75, 3.05) is 0 Å². The molecule has 0 atom stereocenters. The van der Waals surface area contributed by atoms with Crippen molar-refractivity contribution in [1.29, 1.82) is 0 Å². The number of benzene rings is 1. The molecule has 70 valence electrons. The quantitative estimate of drug-likeness (QED) is 0.446. The first-order valence-electron chi connectivity index (χ1n) is 3.57. The highest BCUT2D eigenvalue weighted by molar-refractivity contribution is 6.19. The number of hydrogen-bond acceptors (Lipinski definition) is 2. The summed E-state index contributed by atoms with van der Waals surface area (Å²) in [4.78, 5) is 10.1. The maximum atomic E-state index is 10.6. The predicted molar refractivity (Wildman–Crippen MR) is 52.2 cm³/mol. The number of hydrogen-bond donors (Lipinski definition) is 0. The van der Waals surface area contributed by atoms with Crippen molar-refractivity contribution in [2.24, 2.45) is 0 Å². The van der Waals surface area contributed by atoms with E-state index < -0.39 is 4.92 Å². The van der Waals surface area contributed by atoms with Crippen molar-refractivity contribution in [3.8, 4) is 0 Å². The van der Waals surface area contributed by atoms with E-state index in [2.05, 4.69) is 0 Å². The van der Waals surface area contributed by atoms with E-state index in [9.17, 15) is 10.1 Å². The van der Waals surface area contributed by atoms with Crippen LogP contribution >= 0.6 is 23.2 Å². The number of nitro benzene ring substituents is 1. The maximum absolute atomic E-state index is 10.6. The Balaban J connectivity index is 3.27. The van der Waals surface area contributed by atoms with Crippen LogP contribution in [0, 0.1) is 10.1 Å². The molecule has 1 rings (SSSR count). The van der Waals surface area contributed by atoms with Gasteiger partial charge in [-0.25, -0.2) is 0 Å². The summed E-state index contributed by atoms with van der Waals surface area (Å²) in [5.41, 5.74) is 1.25. The second-order valence-corrected chi connectivity index (χ2v) is 2.97. The molecular weight excluding hydrogens is 213 g/mol. The van der Waals surface area contributed by atoms with Crippen molar-refractivity contribution in [2.45, 2.75) is 11.8 Å². The van der Waals surface area contributed by atoms with Gasteiger partial charge in [-0.15, -0.1) is 23.2 Å². The van der Waals surface area contributed by atoms with Crippen molar-refractivity contribution >= 4 is 28.9 Å². The van der Waals surface area contributed by atoms with Crippen LogP contribution in [-0.4, -0.2) is 4.92 Å². The summed E-state index contributed by atoms with van der Waals surface area (Å²) >= 11 is 11.2. The Kier molecular flexibility index (Phi) is 3.51. The van der Waals surface area contributed by atoms with E-state index in [1.807, 2.05) is 0 Å². The summed E-state index contributed by atoms with van der Waals surface area (Å²) in [6, 6.07) is 4.76. The average Bonchev–Trinajstić information content (AvgIpc) is 2.16. The van der Waals surface area contributed by atoms with E-state index in [4.69, 9.17) is 23.2 Å². The van der Waals surface area contributed by atoms with Crippen LogP contribution in [0.4, 0.5) is 5.69 Å². The van der Waals surface area contributed by atoms with E-state index in [0.29, 0.717) is 11.1 Å². The number of nitrogens with zero attached hydrogens (tertiary/aromatic N) is 1. The van der Waals surface area contributed by atoms with Crippen molar-refractivity contribution in [1.82, 2.24) is 0 Å². The second-order valence-electron chi connectivity index (χ2n) is 2.44. The third-order valence-electron chi connectivity index (χ3n) is 1.72. The van der Waals surface area contributed by atoms with Crippen molar-refractivity contribution < 1.29 is 4.92 Å². The number of nitro groups is 1. The van der Waals surface area contributed by atoms with Gasteiger partial charge in [0.15, 0.2) is 0 Å². The highest BCUT2D eigenvalue weighted by Crippen LogP contribution is 2.24. The molecule has 13 heavy (non-hydrogen) atoms. The van der Waals surface area contributed by atoms with Gasteiger partial charge in [-0.3, -0.25) is 10.1 Å². The lowest BCUT2D eigenvalue weighted by molar-refractivity contribution is -0.385. The Morgan fingerprint density at radius 3 is 2.46 bits per heavy atom. The van der Waals surface area contributed by atoms with Crippen LogP contribution in [0.15, 0.2) is 18.2 Å². The lowest BCUT2D eigenvalue weighted by Gasteiger charge is -2.03. The minimum absolute atomic E-state index is 0.0353. The Bertz CT molecular complexity index is 328. The fourth-order valence-corrected chi connectivity index (χ4v) is 1.63. The molecule has 0 spiro atoms. The van der Waals surface area contributed by atoms with E-state index >= 15 is 0 Å². The number of rotatable bonds is 3. The zero-order valence-corrected chi connectivity index (χ0v) is 8.18. The van der Waals surface area contributed by atoms with E-state index in [1.165, 1.54) is 6.07 Å². The molecule has 0 saturated carbocycles. The molecule has 0 aliphatic carbocycles. The van der Waals surface area contributed by atoms with Crippen LogP contribution in [0.5, 0.6) is 0 Å². The number of alkyl halides is 2. The largest absolute Gasteiger partial charge is 0.274 e. The van der Waals surface area contributed by atoms with Crippen LogP contribution < -0.4 is 0 Å². The summed E-state index contributed by atoms with van der Waals surface area (Å²) in [5.74, 6) is 0.350. The smallest absolute Gasteiger partial charge is 0.258 e. The molecule has 0 fully saturated rings. The van der Waals surface area contributed by atoms with Gasteiger partial charge in [-0.2, -0.15) is 0 Å². The SMILES string of the molecule is O=[N+]([O-])c1cccc(CCl)c1CCl. The molecule has 0 N–H and O–H groups in total. The molecule has 0 aromatic heterocycles. The molecule has 0 aliphatic heterocycles. The first-order chi connectivity index (χ1) is 6.20. The third-order valence-corrected chi connectivity index (χ3v) is 2.28. The minimum Gasteiger partial charge on any atom is -0.258 e. The summed E-state index contributed by atoms with van der Waals surface area (Å²) in [7, 11) is 0. The molecule has 0 bridgehead atoms. The summed E-state index contributed by atoms with van der Waals surface area (Å²) < 4.78 is 0. The first-order valence-corrected chi connectivity index (χ1v) is 4.64. The molecule has 0 heterocycles. The van der Waals surface area contributed by atoms with Crippen LogP contribution in [0.3, 0.4) is 0 Å². The predicted octanol–water partition coefficient (Wildman–Crippen LogP) is 3.07. The Labute approximate surface area is 85.4 Å². The fourth-order valence-electron chi connectivity index (χ4n) is 1.07. The van der Waals surface area contributed by atoms with Crippen LogP contribution in [0.1, 0.15) is 11.1 Å². The molecule has 1 aromatic rings. The van der Waals surface area contributed by atoms with Gasteiger partial charge in [0.05, 0.1) is 10.8 Å².